The molecule has 1 aliphatic carbocycles. The van der Waals surface area contributed by atoms with Gasteiger partial charge in [-0.1, -0.05) is 12.2 Å². The van der Waals surface area contributed by atoms with Gasteiger partial charge in [0.2, 0.25) is 0 Å². The van der Waals surface area contributed by atoms with Gasteiger partial charge >= 0.3 is 5.69 Å². The molecule has 78 valence electrons. The number of aryl methyl sites for hydroxylation is 1. The van der Waals surface area contributed by atoms with E-state index in [9.17, 15) is 9.59 Å². The van der Waals surface area contributed by atoms with Gasteiger partial charge in [-0.3, -0.25) is 9.78 Å². The molecule has 0 aliphatic heterocycles. The lowest BCUT2D eigenvalue weighted by Crippen LogP contribution is -2.33. The van der Waals surface area contributed by atoms with E-state index >= 15 is 0 Å². The number of aromatic amines is 1. The van der Waals surface area contributed by atoms with Crippen molar-refractivity contribution in [2.45, 2.75) is 19.8 Å². The quantitative estimate of drug-likeness (QED) is 0.723. The van der Waals surface area contributed by atoms with Crippen LogP contribution in [0.3, 0.4) is 0 Å². The molecular weight excluding hydrogens is 194 g/mol. The molecule has 5 nitrogen and oxygen atoms in total. The van der Waals surface area contributed by atoms with Crippen LogP contribution in [0, 0.1) is 6.92 Å². The van der Waals surface area contributed by atoms with Crippen molar-refractivity contribution in [2.75, 3.05) is 0 Å². The topological polar surface area (TPSA) is 67.8 Å². The smallest absolute Gasteiger partial charge is 0.271 e. The van der Waals surface area contributed by atoms with E-state index in [4.69, 9.17) is 0 Å². The van der Waals surface area contributed by atoms with Crippen LogP contribution in [0.1, 0.15) is 18.5 Å². The van der Waals surface area contributed by atoms with Gasteiger partial charge in [0.25, 0.3) is 5.56 Å². The molecule has 15 heavy (non-hydrogen) atoms. The molecule has 0 bridgehead atoms. The lowest BCUT2D eigenvalue weighted by atomic mass is 10.1. The minimum atomic E-state index is -0.497. The number of allylic oxidation sites excluding steroid dienone is 4. The summed E-state index contributed by atoms with van der Waals surface area (Å²) in [6.07, 6.45) is 7.59. The molecule has 0 radical (unpaired) electrons. The summed E-state index contributed by atoms with van der Waals surface area (Å²) in [6.45, 7) is 1.57. The van der Waals surface area contributed by atoms with E-state index in [0.717, 1.165) is 12.8 Å². The van der Waals surface area contributed by atoms with Gasteiger partial charge in [-0.2, -0.15) is 9.78 Å². The molecule has 0 fully saturated rings. The van der Waals surface area contributed by atoms with Gasteiger partial charge in [0.15, 0.2) is 0 Å². The van der Waals surface area contributed by atoms with Crippen molar-refractivity contribution in [2.24, 2.45) is 0 Å². The van der Waals surface area contributed by atoms with Gasteiger partial charge in [0.05, 0.1) is 5.70 Å². The molecular formula is C10H11N3O2. The number of nitrogens with zero attached hydrogens (tertiary/aromatic N) is 2. The fraction of sp³-hybridized carbons (Fsp3) is 0.300. The number of hydrogen-bond donors (Lipinski definition) is 1. The summed E-state index contributed by atoms with van der Waals surface area (Å²) >= 11 is 0. The Labute approximate surface area is 85.8 Å². The van der Waals surface area contributed by atoms with Crippen molar-refractivity contribution in [3.05, 3.63) is 44.8 Å². The summed E-state index contributed by atoms with van der Waals surface area (Å²) in [6, 6.07) is 0. The van der Waals surface area contributed by atoms with E-state index in [1.807, 2.05) is 18.2 Å². The Morgan fingerprint density at radius 3 is 2.87 bits per heavy atom. The van der Waals surface area contributed by atoms with Gasteiger partial charge < -0.3 is 0 Å². The average molecular weight is 205 g/mol. The van der Waals surface area contributed by atoms with Crippen molar-refractivity contribution in [1.82, 2.24) is 14.8 Å². The summed E-state index contributed by atoms with van der Waals surface area (Å²) in [5, 5.41) is 3.94. The maximum atomic E-state index is 11.5. The van der Waals surface area contributed by atoms with E-state index in [1.165, 1.54) is 4.68 Å². The third-order valence-electron chi connectivity index (χ3n) is 2.21. The molecule has 0 amide bonds. The Kier molecular flexibility index (Phi) is 2.37. The van der Waals surface area contributed by atoms with Crippen molar-refractivity contribution in [1.29, 1.82) is 0 Å². The standard InChI is InChI=1S/C10H11N3O2/c1-7-9(14)11-10(15)13(12-7)8-5-3-2-4-6-8/h3,5-6H,2,4H2,1H3,(H,11,14,15). The monoisotopic (exact) mass is 205 g/mol. The van der Waals surface area contributed by atoms with E-state index in [0.29, 0.717) is 5.70 Å². The first-order valence-electron chi connectivity index (χ1n) is 4.76. The maximum Gasteiger partial charge on any atom is 0.349 e. The lowest BCUT2D eigenvalue weighted by Gasteiger charge is -2.08. The molecule has 2 rings (SSSR count). The summed E-state index contributed by atoms with van der Waals surface area (Å²) in [5.74, 6) is 0. The van der Waals surface area contributed by atoms with E-state index < -0.39 is 11.2 Å². The van der Waals surface area contributed by atoms with Crippen LogP contribution in [0.5, 0.6) is 0 Å². The Hall–Kier alpha value is -1.91. The fourth-order valence-corrected chi connectivity index (χ4v) is 1.41. The van der Waals surface area contributed by atoms with Crippen LogP contribution in [-0.2, 0) is 0 Å². The highest BCUT2D eigenvalue weighted by molar-refractivity contribution is 5.56. The molecule has 1 aromatic rings. The largest absolute Gasteiger partial charge is 0.349 e. The molecule has 1 aliphatic rings. The predicted octanol–water partition coefficient (Wildman–Crippen LogP) is 0.431. The molecule has 0 unspecified atom stereocenters. The van der Waals surface area contributed by atoms with Crippen LogP contribution in [0.15, 0.2) is 27.8 Å². The third kappa shape index (κ3) is 1.81. The van der Waals surface area contributed by atoms with Crippen LogP contribution in [0.4, 0.5) is 0 Å². The number of hydrogen-bond acceptors (Lipinski definition) is 3. The van der Waals surface area contributed by atoms with Crippen molar-refractivity contribution in [3.63, 3.8) is 0 Å². The highest BCUT2D eigenvalue weighted by Gasteiger charge is 2.06. The van der Waals surface area contributed by atoms with Crippen LogP contribution in [0.25, 0.3) is 5.70 Å². The predicted molar refractivity (Wildman–Crippen MR) is 56.5 cm³/mol. The fourth-order valence-electron chi connectivity index (χ4n) is 1.41. The normalized spacial score (nSPS) is 15.1. The van der Waals surface area contributed by atoms with E-state index in [1.54, 1.807) is 6.92 Å². The second-order valence-electron chi connectivity index (χ2n) is 3.37. The molecule has 0 atom stereocenters. The second-order valence-corrected chi connectivity index (χ2v) is 3.37. The SMILES string of the molecule is Cc1nn(C2=CCCC=C2)c(=O)[nH]c1=O. The summed E-state index contributed by atoms with van der Waals surface area (Å²) in [7, 11) is 0. The van der Waals surface area contributed by atoms with Crippen LogP contribution in [0.2, 0.25) is 0 Å². The number of H-pyrrole nitrogens is 1. The Morgan fingerprint density at radius 2 is 2.20 bits per heavy atom. The van der Waals surface area contributed by atoms with E-state index in [2.05, 4.69) is 10.1 Å². The highest BCUT2D eigenvalue weighted by Crippen LogP contribution is 2.11. The van der Waals surface area contributed by atoms with Crippen molar-refractivity contribution >= 4 is 5.70 Å². The van der Waals surface area contributed by atoms with Gasteiger partial charge in [0.1, 0.15) is 5.69 Å². The maximum absolute atomic E-state index is 11.5. The van der Waals surface area contributed by atoms with E-state index in [-0.39, 0.29) is 5.69 Å². The first-order valence-corrected chi connectivity index (χ1v) is 4.76. The molecule has 1 aromatic heterocycles. The number of rotatable bonds is 1. The van der Waals surface area contributed by atoms with Gasteiger partial charge in [-0.05, 0) is 25.8 Å². The first-order chi connectivity index (χ1) is 7.18. The lowest BCUT2D eigenvalue weighted by molar-refractivity contribution is 0.740. The van der Waals surface area contributed by atoms with Crippen molar-refractivity contribution in [3.8, 4) is 0 Å². The van der Waals surface area contributed by atoms with Gasteiger partial charge in [0, 0.05) is 0 Å². The Morgan fingerprint density at radius 1 is 1.40 bits per heavy atom. The molecule has 0 aromatic carbocycles. The third-order valence-corrected chi connectivity index (χ3v) is 2.21. The summed E-state index contributed by atoms with van der Waals surface area (Å²) in [4.78, 5) is 24.8. The minimum absolute atomic E-state index is 0.287. The van der Waals surface area contributed by atoms with Gasteiger partial charge in [-0.15, -0.1) is 0 Å². The Bertz CT molecular complexity index is 549. The zero-order valence-corrected chi connectivity index (χ0v) is 8.36. The summed E-state index contributed by atoms with van der Waals surface area (Å²) in [5.41, 5.74) is 0.0695. The van der Waals surface area contributed by atoms with Crippen molar-refractivity contribution < 1.29 is 0 Å². The summed E-state index contributed by atoms with van der Waals surface area (Å²) < 4.78 is 1.21. The van der Waals surface area contributed by atoms with Gasteiger partial charge in [-0.25, -0.2) is 4.79 Å². The Balaban J connectivity index is 2.58. The zero-order chi connectivity index (χ0) is 10.8. The highest BCUT2D eigenvalue weighted by atomic mass is 16.2. The molecule has 0 spiro atoms. The average Bonchev–Trinajstić information content (AvgIpc) is 2.25. The number of aromatic nitrogens is 3. The number of nitrogens with one attached hydrogen (secondary N) is 1. The van der Waals surface area contributed by atoms with Crippen LogP contribution in [-0.4, -0.2) is 14.8 Å². The second kappa shape index (κ2) is 3.68. The van der Waals surface area contributed by atoms with Crippen LogP contribution >= 0.6 is 0 Å². The first kappa shape index (κ1) is 9.64. The minimum Gasteiger partial charge on any atom is -0.271 e. The van der Waals surface area contributed by atoms with Crippen LogP contribution < -0.4 is 11.2 Å². The molecule has 0 saturated carbocycles. The molecule has 0 saturated heterocycles. The molecule has 1 heterocycles. The molecule has 1 N–H and O–H groups in total. The zero-order valence-electron chi connectivity index (χ0n) is 8.36. The molecule has 5 heteroatoms.